The molecule has 1 aliphatic rings. The second kappa shape index (κ2) is 7.19. The van der Waals surface area contributed by atoms with E-state index in [1.54, 1.807) is 18.2 Å². The van der Waals surface area contributed by atoms with Gasteiger partial charge >= 0.3 is 0 Å². The van der Waals surface area contributed by atoms with Crippen LogP contribution in [0.25, 0.3) is 0 Å². The molecule has 3 nitrogen and oxygen atoms in total. The van der Waals surface area contributed by atoms with Crippen molar-refractivity contribution >= 4 is 29.1 Å². The predicted molar refractivity (Wildman–Crippen MR) is 81.5 cm³/mol. The minimum atomic E-state index is -0.102. The average molecular weight is 316 g/mol. The zero-order valence-corrected chi connectivity index (χ0v) is 13.0. The molecule has 0 spiro atoms. The minimum Gasteiger partial charge on any atom is -0.482 e. The normalized spacial score (nSPS) is 22.4. The second-order valence-corrected chi connectivity index (χ2v) is 6.14. The average Bonchev–Trinajstić information content (AvgIpc) is 2.40. The molecule has 0 heterocycles. The summed E-state index contributed by atoms with van der Waals surface area (Å²) >= 11 is 11.8. The Hall–Kier alpha value is -0.930. The number of hydrogen-bond acceptors (Lipinski definition) is 2. The lowest BCUT2D eigenvalue weighted by Gasteiger charge is -2.29. The maximum Gasteiger partial charge on any atom is 0.258 e. The van der Waals surface area contributed by atoms with Gasteiger partial charge in [-0.15, -0.1) is 0 Å². The summed E-state index contributed by atoms with van der Waals surface area (Å²) in [6, 6.07) is 5.21. The van der Waals surface area contributed by atoms with Crippen molar-refractivity contribution in [1.29, 1.82) is 0 Å². The number of nitrogens with one attached hydrogen (secondary N) is 1. The van der Waals surface area contributed by atoms with Gasteiger partial charge in [-0.3, -0.25) is 4.79 Å². The van der Waals surface area contributed by atoms with Crippen LogP contribution >= 0.6 is 23.2 Å². The van der Waals surface area contributed by atoms with Crippen LogP contribution < -0.4 is 10.1 Å². The van der Waals surface area contributed by atoms with Gasteiger partial charge in [0.05, 0.1) is 5.02 Å². The van der Waals surface area contributed by atoms with E-state index in [-0.39, 0.29) is 18.6 Å². The van der Waals surface area contributed by atoms with Crippen LogP contribution in [0.3, 0.4) is 0 Å². The van der Waals surface area contributed by atoms with Crippen LogP contribution in [-0.4, -0.2) is 18.6 Å². The number of hydrogen-bond donors (Lipinski definition) is 1. The van der Waals surface area contributed by atoms with Crippen molar-refractivity contribution in [2.75, 3.05) is 6.61 Å². The lowest BCUT2D eigenvalue weighted by molar-refractivity contribution is -0.124. The number of carbonyl (C=O) groups is 1. The topological polar surface area (TPSA) is 38.3 Å². The third kappa shape index (κ3) is 4.29. The Morgan fingerprint density at radius 1 is 1.35 bits per heavy atom. The van der Waals surface area contributed by atoms with E-state index in [0.717, 1.165) is 6.42 Å². The van der Waals surface area contributed by atoms with E-state index in [4.69, 9.17) is 27.9 Å². The molecule has 2 rings (SSSR count). The highest BCUT2D eigenvalue weighted by atomic mass is 35.5. The van der Waals surface area contributed by atoms with Gasteiger partial charge in [0.25, 0.3) is 5.91 Å². The first-order valence-electron chi connectivity index (χ1n) is 6.93. The highest BCUT2D eigenvalue weighted by Crippen LogP contribution is 2.27. The van der Waals surface area contributed by atoms with Crippen LogP contribution in [0.1, 0.15) is 32.6 Å². The molecule has 5 heteroatoms. The summed E-state index contributed by atoms with van der Waals surface area (Å²) in [6.07, 6.45) is 4.66. The maximum absolute atomic E-state index is 11.9. The Morgan fingerprint density at radius 3 is 2.80 bits per heavy atom. The minimum absolute atomic E-state index is 0.0232. The molecule has 0 bridgehead atoms. The van der Waals surface area contributed by atoms with Crippen molar-refractivity contribution in [2.45, 2.75) is 38.6 Å². The van der Waals surface area contributed by atoms with Gasteiger partial charge < -0.3 is 10.1 Å². The number of carbonyl (C=O) groups excluding carboxylic acids is 1. The standard InChI is InChI=1S/C15H19Cl2NO2/c1-10-4-2-3-5-13(10)18-15(19)9-20-14-7-6-11(16)8-12(14)17/h6-8,10,13H,2-5,9H2,1H3,(H,18,19)/t10-,13-/m0/s1. The zero-order chi connectivity index (χ0) is 14.5. The number of benzene rings is 1. The predicted octanol–water partition coefficient (Wildman–Crippen LogP) is 4.07. The van der Waals surface area contributed by atoms with Gasteiger partial charge in [-0.25, -0.2) is 0 Å². The fourth-order valence-corrected chi connectivity index (χ4v) is 2.98. The molecule has 1 amide bonds. The van der Waals surface area contributed by atoms with Gasteiger partial charge in [0.2, 0.25) is 0 Å². The first kappa shape index (κ1) is 15.5. The van der Waals surface area contributed by atoms with E-state index in [9.17, 15) is 4.79 Å². The van der Waals surface area contributed by atoms with E-state index in [2.05, 4.69) is 12.2 Å². The fraction of sp³-hybridized carbons (Fsp3) is 0.533. The zero-order valence-electron chi connectivity index (χ0n) is 11.5. The van der Waals surface area contributed by atoms with Crippen LogP contribution in [0.5, 0.6) is 5.75 Å². The van der Waals surface area contributed by atoms with E-state index >= 15 is 0 Å². The van der Waals surface area contributed by atoms with Gasteiger partial charge in [-0.2, -0.15) is 0 Å². The van der Waals surface area contributed by atoms with Crippen LogP contribution in [-0.2, 0) is 4.79 Å². The number of amides is 1. The van der Waals surface area contributed by atoms with Gasteiger partial charge in [-0.1, -0.05) is 43.0 Å². The maximum atomic E-state index is 11.9. The number of halogens is 2. The molecule has 20 heavy (non-hydrogen) atoms. The molecule has 0 unspecified atom stereocenters. The molecule has 0 radical (unpaired) electrons. The van der Waals surface area contributed by atoms with Crippen molar-refractivity contribution in [1.82, 2.24) is 5.32 Å². The van der Waals surface area contributed by atoms with Crippen LogP contribution in [0.15, 0.2) is 18.2 Å². The highest BCUT2D eigenvalue weighted by Gasteiger charge is 2.22. The summed E-state index contributed by atoms with van der Waals surface area (Å²) in [7, 11) is 0. The Bertz CT molecular complexity index is 479. The summed E-state index contributed by atoms with van der Waals surface area (Å²) < 4.78 is 5.43. The summed E-state index contributed by atoms with van der Waals surface area (Å²) in [5.74, 6) is 0.907. The lowest BCUT2D eigenvalue weighted by Crippen LogP contribution is -2.43. The third-order valence-corrected chi connectivity index (χ3v) is 4.24. The van der Waals surface area contributed by atoms with Crippen molar-refractivity contribution in [3.63, 3.8) is 0 Å². The number of rotatable bonds is 4. The third-order valence-electron chi connectivity index (χ3n) is 3.71. The largest absolute Gasteiger partial charge is 0.482 e. The first-order chi connectivity index (χ1) is 9.56. The molecule has 1 aliphatic carbocycles. The van der Waals surface area contributed by atoms with Crippen LogP contribution in [0, 0.1) is 5.92 Å². The van der Waals surface area contributed by atoms with Gasteiger partial charge in [0.15, 0.2) is 6.61 Å². The molecule has 1 saturated carbocycles. The highest BCUT2D eigenvalue weighted by molar-refractivity contribution is 6.35. The number of ether oxygens (including phenoxy) is 1. The molecule has 1 N–H and O–H groups in total. The molecule has 1 aromatic carbocycles. The Kier molecular flexibility index (Phi) is 5.55. The Labute approximate surface area is 129 Å². The van der Waals surface area contributed by atoms with E-state index in [0.29, 0.717) is 21.7 Å². The fourth-order valence-electron chi connectivity index (χ4n) is 2.51. The Morgan fingerprint density at radius 2 is 2.10 bits per heavy atom. The lowest BCUT2D eigenvalue weighted by atomic mass is 9.86. The molecule has 0 aliphatic heterocycles. The summed E-state index contributed by atoms with van der Waals surface area (Å²) in [6.45, 7) is 2.16. The molecule has 2 atom stereocenters. The van der Waals surface area contributed by atoms with Gasteiger partial charge in [0.1, 0.15) is 5.75 Å². The van der Waals surface area contributed by atoms with Crippen molar-refractivity contribution in [3.8, 4) is 5.75 Å². The van der Waals surface area contributed by atoms with E-state index in [1.165, 1.54) is 19.3 Å². The van der Waals surface area contributed by atoms with Gasteiger partial charge in [-0.05, 0) is 37.0 Å². The monoisotopic (exact) mass is 315 g/mol. The smallest absolute Gasteiger partial charge is 0.258 e. The second-order valence-electron chi connectivity index (χ2n) is 5.30. The molecule has 0 saturated heterocycles. The molecule has 1 aromatic rings. The summed E-state index contributed by atoms with van der Waals surface area (Å²) in [4.78, 5) is 11.9. The molecular formula is C15H19Cl2NO2. The Balaban J connectivity index is 1.82. The summed E-state index contributed by atoms with van der Waals surface area (Å²) in [5.41, 5.74) is 0. The molecule has 0 aromatic heterocycles. The van der Waals surface area contributed by atoms with Crippen molar-refractivity contribution in [2.24, 2.45) is 5.92 Å². The van der Waals surface area contributed by atoms with Gasteiger partial charge in [0, 0.05) is 11.1 Å². The SMILES string of the molecule is C[C@H]1CCCC[C@@H]1NC(=O)COc1ccc(Cl)cc1Cl. The molecule has 110 valence electrons. The van der Waals surface area contributed by atoms with Crippen molar-refractivity contribution in [3.05, 3.63) is 28.2 Å². The van der Waals surface area contributed by atoms with Crippen LogP contribution in [0.2, 0.25) is 10.0 Å². The molecule has 1 fully saturated rings. The quantitative estimate of drug-likeness (QED) is 0.909. The van der Waals surface area contributed by atoms with E-state index < -0.39 is 0 Å². The molecular weight excluding hydrogens is 297 g/mol. The van der Waals surface area contributed by atoms with Crippen LogP contribution in [0.4, 0.5) is 0 Å². The van der Waals surface area contributed by atoms with Crippen molar-refractivity contribution < 1.29 is 9.53 Å². The van der Waals surface area contributed by atoms with E-state index in [1.807, 2.05) is 0 Å². The summed E-state index contributed by atoms with van der Waals surface area (Å²) in [5, 5.41) is 3.99. The first-order valence-corrected chi connectivity index (χ1v) is 7.69.